The van der Waals surface area contributed by atoms with Crippen LogP contribution in [-0.2, 0) is 0 Å². The van der Waals surface area contributed by atoms with Crippen molar-refractivity contribution >= 4 is 17.1 Å². The monoisotopic (exact) mass is 302 g/mol. The fourth-order valence-corrected chi connectivity index (χ4v) is 2.05. The van der Waals surface area contributed by atoms with Gasteiger partial charge in [0.05, 0.1) is 11.4 Å². The van der Waals surface area contributed by atoms with E-state index in [1.165, 1.54) is 0 Å². The van der Waals surface area contributed by atoms with E-state index in [1.807, 2.05) is 44.1 Å². The molecule has 22 heavy (non-hydrogen) atoms. The maximum atomic E-state index is 11.9. The Morgan fingerprint density at radius 1 is 1.27 bits per heavy atom. The molecule has 0 aliphatic rings. The fourth-order valence-electron chi connectivity index (χ4n) is 2.05. The lowest BCUT2D eigenvalue weighted by molar-refractivity contribution is 0.447. The van der Waals surface area contributed by atoms with Crippen molar-refractivity contribution in [1.82, 2.24) is 9.97 Å². The average molecular weight is 302 g/mol. The van der Waals surface area contributed by atoms with E-state index >= 15 is 0 Å². The quantitative estimate of drug-likeness (QED) is 0.742. The number of hydrogen-bond acceptors (Lipinski definition) is 5. The number of H-pyrrole nitrogens is 2. The van der Waals surface area contributed by atoms with E-state index in [-0.39, 0.29) is 5.56 Å². The summed E-state index contributed by atoms with van der Waals surface area (Å²) in [4.78, 5) is 33.7. The van der Waals surface area contributed by atoms with Crippen LogP contribution in [0.5, 0.6) is 5.88 Å². The van der Waals surface area contributed by atoms with Gasteiger partial charge in [-0.15, -0.1) is 0 Å². The van der Waals surface area contributed by atoms with Crippen LogP contribution < -0.4 is 16.1 Å². The Morgan fingerprint density at radius 2 is 2.00 bits per heavy atom. The Hall–Kier alpha value is -2.83. The van der Waals surface area contributed by atoms with Crippen molar-refractivity contribution in [3.63, 3.8) is 0 Å². The number of aromatic amines is 2. The van der Waals surface area contributed by atoms with Gasteiger partial charge in [-0.2, -0.15) is 0 Å². The molecule has 0 atom stereocenters. The molecular weight excluding hydrogens is 284 g/mol. The third-order valence-electron chi connectivity index (χ3n) is 3.16. The summed E-state index contributed by atoms with van der Waals surface area (Å²) in [5.74, 6) is -0.474. The molecule has 0 fully saturated rings. The number of benzene rings is 1. The Kier molecular flexibility index (Phi) is 4.45. The second-order valence-corrected chi connectivity index (χ2v) is 4.96. The SMILES string of the molecule is CCC(=Nc1cccc(N(C)C)c1)c1c(O)[nH]c(=O)[nH]c1=O. The first-order valence-electron chi connectivity index (χ1n) is 6.83. The zero-order valence-electron chi connectivity index (χ0n) is 12.7. The van der Waals surface area contributed by atoms with Gasteiger partial charge in [0, 0.05) is 19.8 Å². The van der Waals surface area contributed by atoms with Crippen LogP contribution in [0.25, 0.3) is 0 Å². The number of aromatic hydroxyl groups is 1. The Labute approximate surface area is 127 Å². The molecule has 0 saturated carbocycles. The molecule has 2 aromatic rings. The van der Waals surface area contributed by atoms with Gasteiger partial charge in [-0.1, -0.05) is 13.0 Å². The van der Waals surface area contributed by atoms with Gasteiger partial charge in [-0.25, -0.2) is 4.79 Å². The zero-order valence-corrected chi connectivity index (χ0v) is 12.7. The molecule has 3 N–H and O–H groups in total. The standard InChI is InChI=1S/C15H18N4O3/c1-4-11(12-13(20)17-15(22)18-14(12)21)16-9-6-5-7-10(8-9)19(2)3/h5-8H,4H2,1-3H3,(H3,17,18,20,21,22). The Balaban J connectivity index is 2.55. The van der Waals surface area contributed by atoms with Crippen LogP contribution >= 0.6 is 0 Å². The van der Waals surface area contributed by atoms with Gasteiger partial charge in [0.1, 0.15) is 5.56 Å². The van der Waals surface area contributed by atoms with E-state index in [0.717, 1.165) is 5.69 Å². The average Bonchev–Trinajstić information content (AvgIpc) is 2.45. The largest absolute Gasteiger partial charge is 0.494 e. The van der Waals surface area contributed by atoms with Crippen LogP contribution in [0.4, 0.5) is 11.4 Å². The summed E-state index contributed by atoms with van der Waals surface area (Å²) >= 11 is 0. The van der Waals surface area contributed by atoms with Crippen LogP contribution in [0.2, 0.25) is 0 Å². The fraction of sp³-hybridized carbons (Fsp3) is 0.267. The Morgan fingerprint density at radius 3 is 2.59 bits per heavy atom. The number of nitrogens with zero attached hydrogens (tertiary/aromatic N) is 2. The van der Waals surface area contributed by atoms with Crippen molar-refractivity contribution in [2.75, 3.05) is 19.0 Å². The Bertz CT molecular complexity index is 818. The first kappa shape index (κ1) is 15.6. The normalized spacial score (nSPS) is 11.5. The predicted molar refractivity (Wildman–Crippen MR) is 86.6 cm³/mol. The zero-order chi connectivity index (χ0) is 16.3. The second kappa shape index (κ2) is 6.30. The molecule has 0 unspecified atom stereocenters. The maximum absolute atomic E-state index is 11.9. The minimum atomic E-state index is -0.753. The van der Waals surface area contributed by atoms with E-state index in [0.29, 0.717) is 17.8 Å². The van der Waals surface area contributed by atoms with Gasteiger partial charge in [0.15, 0.2) is 0 Å². The lowest BCUT2D eigenvalue weighted by atomic mass is 10.1. The van der Waals surface area contributed by atoms with E-state index < -0.39 is 17.1 Å². The molecule has 7 nitrogen and oxygen atoms in total. The molecule has 0 aliphatic heterocycles. The number of rotatable bonds is 4. The summed E-state index contributed by atoms with van der Waals surface area (Å²) in [6, 6.07) is 7.47. The maximum Gasteiger partial charge on any atom is 0.328 e. The van der Waals surface area contributed by atoms with Crippen LogP contribution in [0, 0.1) is 0 Å². The van der Waals surface area contributed by atoms with Gasteiger partial charge < -0.3 is 10.0 Å². The van der Waals surface area contributed by atoms with Gasteiger partial charge >= 0.3 is 5.69 Å². The first-order chi connectivity index (χ1) is 10.4. The summed E-state index contributed by atoms with van der Waals surface area (Å²) in [5.41, 5.74) is 0.592. The minimum Gasteiger partial charge on any atom is -0.494 e. The summed E-state index contributed by atoms with van der Waals surface area (Å²) in [5, 5.41) is 9.83. The molecule has 0 bridgehead atoms. The van der Waals surface area contributed by atoms with Crippen molar-refractivity contribution in [1.29, 1.82) is 0 Å². The van der Waals surface area contributed by atoms with Crippen LogP contribution in [0.1, 0.15) is 18.9 Å². The third kappa shape index (κ3) is 3.25. The molecule has 0 amide bonds. The van der Waals surface area contributed by atoms with E-state index in [2.05, 4.69) is 15.0 Å². The van der Waals surface area contributed by atoms with Crippen LogP contribution in [0.15, 0.2) is 38.8 Å². The predicted octanol–water partition coefficient (Wildman–Crippen LogP) is 1.37. The lowest BCUT2D eigenvalue weighted by Gasteiger charge is -2.12. The summed E-state index contributed by atoms with van der Waals surface area (Å²) in [6.45, 7) is 1.82. The molecule has 1 heterocycles. The number of aromatic nitrogens is 2. The van der Waals surface area contributed by atoms with Crippen LogP contribution in [0.3, 0.4) is 0 Å². The van der Waals surface area contributed by atoms with Crippen molar-refractivity contribution < 1.29 is 5.11 Å². The molecule has 7 heteroatoms. The molecule has 0 radical (unpaired) electrons. The van der Waals surface area contributed by atoms with E-state index in [4.69, 9.17) is 0 Å². The number of aliphatic imine (C=N–C) groups is 1. The highest BCUT2D eigenvalue weighted by atomic mass is 16.3. The summed E-state index contributed by atoms with van der Waals surface area (Å²) in [6.07, 6.45) is 0.425. The van der Waals surface area contributed by atoms with E-state index in [1.54, 1.807) is 6.07 Å². The molecule has 116 valence electrons. The second-order valence-electron chi connectivity index (χ2n) is 4.96. The summed E-state index contributed by atoms with van der Waals surface area (Å²) in [7, 11) is 3.84. The molecule has 0 aliphatic carbocycles. The van der Waals surface area contributed by atoms with Crippen molar-refractivity contribution in [2.24, 2.45) is 4.99 Å². The molecule has 2 rings (SSSR count). The third-order valence-corrected chi connectivity index (χ3v) is 3.16. The van der Waals surface area contributed by atoms with Crippen molar-refractivity contribution in [3.05, 3.63) is 50.7 Å². The first-order valence-corrected chi connectivity index (χ1v) is 6.83. The highest BCUT2D eigenvalue weighted by Crippen LogP contribution is 2.22. The summed E-state index contributed by atoms with van der Waals surface area (Å²) < 4.78 is 0. The van der Waals surface area contributed by atoms with Crippen molar-refractivity contribution in [3.8, 4) is 5.88 Å². The highest BCUT2D eigenvalue weighted by molar-refractivity contribution is 6.03. The number of nitrogens with one attached hydrogen (secondary N) is 2. The molecule has 1 aromatic carbocycles. The van der Waals surface area contributed by atoms with Gasteiger partial charge in [0.2, 0.25) is 5.88 Å². The van der Waals surface area contributed by atoms with Gasteiger partial charge in [0.25, 0.3) is 5.56 Å². The molecular formula is C15H18N4O3. The highest BCUT2D eigenvalue weighted by Gasteiger charge is 2.14. The lowest BCUT2D eigenvalue weighted by Crippen LogP contribution is -2.27. The number of anilines is 1. The van der Waals surface area contributed by atoms with E-state index in [9.17, 15) is 14.7 Å². The minimum absolute atomic E-state index is 0.0163. The molecule has 0 saturated heterocycles. The van der Waals surface area contributed by atoms with Crippen molar-refractivity contribution in [2.45, 2.75) is 13.3 Å². The number of hydrogen-bond donors (Lipinski definition) is 3. The molecule has 0 spiro atoms. The topological polar surface area (TPSA) is 102 Å². The molecule has 1 aromatic heterocycles. The van der Waals surface area contributed by atoms with Gasteiger partial charge in [-0.3, -0.25) is 19.8 Å². The van der Waals surface area contributed by atoms with Gasteiger partial charge in [-0.05, 0) is 24.6 Å². The smallest absolute Gasteiger partial charge is 0.328 e. The van der Waals surface area contributed by atoms with Crippen LogP contribution in [-0.4, -0.2) is 34.9 Å².